The molecule has 0 bridgehead atoms. The SMILES string of the molecule is O=C(O)Nc1ccc(-c2cnc(C3CCc4cc(-c5cc(Cl)ccc5-n5cnnn5)cc(=O)n43)[nH]2)s1. The van der Waals surface area contributed by atoms with Gasteiger partial charge in [-0.25, -0.2) is 9.78 Å². The maximum Gasteiger partial charge on any atom is 0.409 e. The van der Waals surface area contributed by atoms with E-state index in [9.17, 15) is 9.59 Å². The minimum Gasteiger partial charge on any atom is -0.465 e. The van der Waals surface area contributed by atoms with Crippen molar-refractivity contribution < 1.29 is 9.90 Å². The van der Waals surface area contributed by atoms with Gasteiger partial charge in [-0.05, 0) is 65.2 Å². The molecule has 36 heavy (non-hydrogen) atoms. The molecule has 1 atom stereocenters. The number of aromatic nitrogens is 7. The van der Waals surface area contributed by atoms with Crippen LogP contribution in [0.4, 0.5) is 9.80 Å². The van der Waals surface area contributed by atoms with Crippen molar-refractivity contribution in [3.8, 4) is 27.4 Å². The minimum atomic E-state index is -1.11. The average molecular weight is 521 g/mol. The molecule has 11 nitrogen and oxygen atoms in total. The van der Waals surface area contributed by atoms with E-state index >= 15 is 0 Å². The number of carboxylic acid groups (broad SMARTS) is 1. The maximum atomic E-state index is 13.3. The fraction of sp³-hybridized carbons (Fsp3) is 0.130. The van der Waals surface area contributed by atoms with Gasteiger partial charge in [-0.2, -0.15) is 4.68 Å². The molecule has 0 saturated heterocycles. The highest BCUT2D eigenvalue weighted by Gasteiger charge is 2.28. The van der Waals surface area contributed by atoms with Gasteiger partial charge in [-0.3, -0.25) is 10.1 Å². The Morgan fingerprint density at radius 1 is 1.22 bits per heavy atom. The van der Waals surface area contributed by atoms with Gasteiger partial charge in [-0.15, -0.1) is 16.4 Å². The summed E-state index contributed by atoms with van der Waals surface area (Å²) in [4.78, 5) is 32.9. The van der Waals surface area contributed by atoms with E-state index in [1.165, 1.54) is 22.3 Å². The number of thiophene rings is 1. The quantitative estimate of drug-likeness (QED) is 0.314. The lowest BCUT2D eigenvalue weighted by molar-refractivity contribution is 0.210. The lowest BCUT2D eigenvalue weighted by Gasteiger charge is -2.15. The number of H-pyrrole nitrogens is 1. The first kappa shape index (κ1) is 22.2. The molecule has 180 valence electrons. The van der Waals surface area contributed by atoms with Crippen molar-refractivity contribution in [2.75, 3.05) is 5.32 Å². The second kappa shape index (κ2) is 8.73. The number of aromatic amines is 1. The normalized spacial score (nSPS) is 14.6. The lowest BCUT2D eigenvalue weighted by Crippen LogP contribution is -2.23. The summed E-state index contributed by atoms with van der Waals surface area (Å²) in [5.74, 6) is 0.678. The molecule has 6 rings (SSSR count). The predicted molar refractivity (Wildman–Crippen MR) is 134 cm³/mol. The highest BCUT2D eigenvalue weighted by atomic mass is 35.5. The molecule has 4 aromatic heterocycles. The number of halogens is 1. The Morgan fingerprint density at radius 3 is 2.92 bits per heavy atom. The van der Waals surface area contributed by atoms with E-state index in [1.807, 2.05) is 18.2 Å². The fourth-order valence-electron chi connectivity index (χ4n) is 4.51. The van der Waals surface area contributed by atoms with Crippen molar-refractivity contribution in [1.29, 1.82) is 0 Å². The molecule has 0 spiro atoms. The van der Waals surface area contributed by atoms with Gasteiger partial charge in [0.2, 0.25) is 0 Å². The number of pyridine rings is 1. The number of hydrogen-bond acceptors (Lipinski definition) is 7. The van der Waals surface area contributed by atoms with E-state index in [0.717, 1.165) is 33.8 Å². The fourth-order valence-corrected chi connectivity index (χ4v) is 5.54. The number of aryl methyl sites for hydroxylation is 1. The van der Waals surface area contributed by atoms with Crippen molar-refractivity contribution in [3.63, 3.8) is 0 Å². The molecule has 1 aliphatic heterocycles. The first-order valence-corrected chi connectivity index (χ1v) is 12.1. The van der Waals surface area contributed by atoms with Gasteiger partial charge in [0.15, 0.2) is 0 Å². The third-order valence-electron chi connectivity index (χ3n) is 6.01. The summed E-state index contributed by atoms with van der Waals surface area (Å²) in [5.41, 5.74) is 3.71. The van der Waals surface area contributed by atoms with E-state index in [0.29, 0.717) is 28.0 Å². The Morgan fingerprint density at radius 2 is 2.11 bits per heavy atom. The Hall–Kier alpha value is -4.29. The molecule has 3 N–H and O–H groups in total. The van der Waals surface area contributed by atoms with Crippen LogP contribution in [-0.2, 0) is 6.42 Å². The molecule has 1 unspecified atom stereocenters. The molecular formula is C23H17ClN8O3S. The van der Waals surface area contributed by atoms with Crippen LogP contribution in [0.2, 0.25) is 5.02 Å². The van der Waals surface area contributed by atoms with Crippen LogP contribution in [0.5, 0.6) is 0 Å². The maximum absolute atomic E-state index is 13.3. The lowest BCUT2D eigenvalue weighted by atomic mass is 10.0. The van der Waals surface area contributed by atoms with Crippen LogP contribution in [0.1, 0.15) is 24.0 Å². The van der Waals surface area contributed by atoms with Crippen molar-refractivity contribution in [2.24, 2.45) is 0 Å². The zero-order chi connectivity index (χ0) is 24.8. The summed E-state index contributed by atoms with van der Waals surface area (Å²) in [6.07, 6.45) is 3.50. The first-order valence-electron chi connectivity index (χ1n) is 10.9. The summed E-state index contributed by atoms with van der Waals surface area (Å²) in [6.45, 7) is 0. The monoisotopic (exact) mass is 520 g/mol. The zero-order valence-corrected chi connectivity index (χ0v) is 20.0. The molecule has 13 heteroatoms. The number of amides is 1. The van der Waals surface area contributed by atoms with Gasteiger partial charge in [0, 0.05) is 22.3 Å². The van der Waals surface area contributed by atoms with Crippen LogP contribution >= 0.6 is 22.9 Å². The van der Waals surface area contributed by atoms with Crippen LogP contribution in [0, 0.1) is 0 Å². The van der Waals surface area contributed by atoms with Crippen LogP contribution in [0.3, 0.4) is 0 Å². The third-order valence-corrected chi connectivity index (χ3v) is 7.28. The molecule has 0 fully saturated rings. The van der Waals surface area contributed by atoms with Crippen LogP contribution in [0.15, 0.2) is 59.8 Å². The number of imidazole rings is 1. The van der Waals surface area contributed by atoms with Crippen molar-refractivity contribution in [1.82, 2.24) is 34.7 Å². The molecule has 0 radical (unpaired) electrons. The number of hydrogen-bond donors (Lipinski definition) is 3. The van der Waals surface area contributed by atoms with Crippen LogP contribution in [-0.4, -0.2) is 45.9 Å². The molecule has 5 heterocycles. The van der Waals surface area contributed by atoms with Gasteiger partial charge in [-0.1, -0.05) is 11.6 Å². The summed E-state index contributed by atoms with van der Waals surface area (Å²) in [7, 11) is 0. The molecular weight excluding hydrogens is 504 g/mol. The highest BCUT2D eigenvalue weighted by molar-refractivity contribution is 7.19. The van der Waals surface area contributed by atoms with Crippen molar-refractivity contribution in [2.45, 2.75) is 18.9 Å². The van der Waals surface area contributed by atoms with Crippen LogP contribution in [0.25, 0.3) is 27.4 Å². The highest BCUT2D eigenvalue weighted by Crippen LogP contribution is 2.35. The molecule has 1 amide bonds. The minimum absolute atomic E-state index is 0.144. The van der Waals surface area contributed by atoms with Crippen LogP contribution < -0.4 is 10.9 Å². The number of fused-ring (bicyclic) bond motifs is 1. The number of nitrogens with zero attached hydrogens (tertiary/aromatic N) is 6. The van der Waals surface area contributed by atoms with Gasteiger partial charge in [0.05, 0.1) is 33.5 Å². The van der Waals surface area contributed by atoms with Gasteiger partial charge in [0.25, 0.3) is 5.56 Å². The number of nitrogens with one attached hydrogen (secondary N) is 2. The standard InChI is InChI=1S/C23H17ClN8O3S/c24-13-1-3-17(31-11-26-29-30-31)15(9-13)12-7-14-2-4-18(32(14)21(33)8-12)22-25-10-16(27-22)19-5-6-20(36-19)28-23(34)35/h1,3,5-11,18,28H,2,4H2,(H,25,27)(H,34,35). The average Bonchev–Trinajstić information content (AvgIpc) is 3.64. The van der Waals surface area contributed by atoms with E-state index < -0.39 is 6.09 Å². The molecule has 5 aromatic rings. The number of tetrazole rings is 1. The first-order chi connectivity index (χ1) is 17.5. The van der Waals surface area contributed by atoms with E-state index in [1.54, 1.807) is 35.0 Å². The van der Waals surface area contributed by atoms with Crippen molar-refractivity contribution in [3.05, 3.63) is 81.9 Å². The second-order valence-corrected chi connectivity index (χ2v) is 9.71. The number of anilines is 1. The van der Waals surface area contributed by atoms with Gasteiger partial charge < -0.3 is 14.7 Å². The van der Waals surface area contributed by atoms with Crippen molar-refractivity contribution >= 4 is 34.0 Å². The predicted octanol–water partition coefficient (Wildman–Crippen LogP) is 4.22. The molecule has 1 aliphatic rings. The van der Waals surface area contributed by atoms with E-state index in [-0.39, 0.29) is 11.6 Å². The largest absolute Gasteiger partial charge is 0.465 e. The summed E-state index contributed by atoms with van der Waals surface area (Å²) in [5, 5.41) is 23.7. The smallest absolute Gasteiger partial charge is 0.409 e. The van der Waals surface area contributed by atoms with Gasteiger partial charge >= 0.3 is 6.09 Å². The Kier molecular flexibility index (Phi) is 5.38. The number of rotatable bonds is 5. The van der Waals surface area contributed by atoms with Gasteiger partial charge in [0.1, 0.15) is 12.2 Å². The summed E-state index contributed by atoms with van der Waals surface area (Å²) >= 11 is 7.58. The Balaban J connectivity index is 1.34. The Labute approximate surface area is 212 Å². The molecule has 0 aliphatic carbocycles. The van der Waals surface area contributed by atoms with E-state index in [4.69, 9.17) is 16.7 Å². The number of benzene rings is 1. The van der Waals surface area contributed by atoms with E-state index in [2.05, 4.69) is 30.8 Å². The second-order valence-electron chi connectivity index (χ2n) is 8.19. The zero-order valence-electron chi connectivity index (χ0n) is 18.4. The Bertz CT molecular complexity index is 1660. The topological polar surface area (TPSA) is 144 Å². The third kappa shape index (κ3) is 3.95. The number of carbonyl (C=O) groups is 1. The molecule has 1 aromatic carbocycles. The summed E-state index contributed by atoms with van der Waals surface area (Å²) < 4.78 is 3.30. The summed E-state index contributed by atoms with van der Waals surface area (Å²) in [6, 6.07) is 12.2. The molecule has 0 saturated carbocycles.